The number of rotatable bonds is 4. The Labute approximate surface area is 130 Å². The topological polar surface area (TPSA) is 146 Å². The molecule has 3 rings (SSSR count). The van der Waals surface area contributed by atoms with Crippen LogP contribution >= 0.6 is 7.60 Å². The zero-order chi connectivity index (χ0) is 16.7. The molecule has 0 fully saturated rings. The van der Waals surface area contributed by atoms with Crippen LogP contribution < -0.4 is 5.73 Å². The third kappa shape index (κ3) is 2.96. The first-order chi connectivity index (χ1) is 10.8. The molecule has 2 aromatic heterocycles. The largest absolute Gasteiger partial charge is 0.382 e. The molecule has 1 aliphatic rings. The number of aromatic nitrogens is 4. The average molecular weight is 337 g/mol. The van der Waals surface area contributed by atoms with E-state index >= 15 is 0 Å². The monoisotopic (exact) mass is 337 g/mol. The average Bonchev–Trinajstić information content (AvgIpc) is 3.09. The van der Waals surface area contributed by atoms with Crippen molar-refractivity contribution in [3.05, 3.63) is 24.8 Å². The van der Waals surface area contributed by atoms with Crippen LogP contribution in [0.4, 0.5) is 5.82 Å². The highest BCUT2D eigenvalue weighted by atomic mass is 31.2. The lowest BCUT2D eigenvalue weighted by molar-refractivity contribution is -0.175. The van der Waals surface area contributed by atoms with E-state index in [2.05, 4.69) is 20.9 Å². The molecule has 0 radical (unpaired) electrons. The minimum absolute atomic E-state index is 0.219. The summed E-state index contributed by atoms with van der Waals surface area (Å²) in [4.78, 5) is 29.8. The molecule has 23 heavy (non-hydrogen) atoms. The molecule has 0 amide bonds. The highest BCUT2D eigenvalue weighted by Gasteiger charge is 2.38. The molecule has 2 atom stereocenters. The molecule has 0 aliphatic carbocycles. The van der Waals surface area contributed by atoms with E-state index in [1.807, 2.05) is 0 Å². The van der Waals surface area contributed by atoms with Gasteiger partial charge in [-0.3, -0.25) is 9.13 Å². The van der Waals surface area contributed by atoms with Crippen LogP contribution in [0.1, 0.15) is 6.23 Å². The van der Waals surface area contributed by atoms with Crippen molar-refractivity contribution < 1.29 is 23.8 Å². The second kappa shape index (κ2) is 5.42. The van der Waals surface area contributed by atoms with E-state index in [0.717, 1.165) is 0 Å². The van der Waals surface area contributed by atoms with Crippen LogP contribution in [0, 0.1) is 12.3 Å². The number of nitrogen functional groups attached to an aromatic ring is 1. The van der Waals surface area contributed by atoms with Gasteiger partial charge in [0.2, 0.25) is 0 Å². The van der Waals surface area contributed by atoms with Crippen LogP contribution in [0.2, 0.25) is 0 Å². The van der Waals surface area contributed by atoms with Crippen LogP contribution in [0.25, 0.3) is 11.2 Å². The van der Waals surface area contributed by atoms with Gasteiger partial charge in [0.05, 0.1) is 6.33 Å². The van der Waals surface area contributed by atoms with E-state index in [0.29, 0.717) is 11.2 Å². The molecular weight excluding hydrogens is 325 g/mol. The standard InChI is InChI=1S/C12H12N5O5P/c1-2-12(21-7-23(18,19)20)4-3-8(22-12)17-6-16-9-10(13)14-5-15-11(9)17/h1,3-6,8H,7H2,(H2,13,14,15)(H2,18,19,20)/t8-,12+/m1/s1. The quantitative estimate of drug-likeness (QED) is 0.398. The van der Waals surface area contributed by atoms with Crippen molar-refractivity contribution in [2.75, 3.05) is 12.1 Å². The Kier molecular flexibility index (Phi) is 3.68. The van der Waals surface area contributed by atoms with Crippen molar-refractivity contribution in [1.82, 2.24) is 19.5 Å². The molecule has 4 N–H and O–H groups in total. The number of terminal acetylenes is 1. The summed E-state index contributed by atoms with van der Waals surface area (Å²) in [5, 5.41) is 0. The van der Waals surface area contributed by atoms with E-state index < -0.39 is 26.0 Å². The Morgan fingerprint density at radius 2 is 2.30 bits per heavy atom. The number of nitrogens with zero attached hydrogens (tertiary/aromatic N) is 4. The van der Waals surface area contributed by atoms with Crippen molar-refractivity contribution in [2.24, 2.45) is 0 Å². The summed E-state index contributed by atoms with van der Waals surface area (Å²) in [6.07, 6.45) is 9.48. The van der Waals surface area contributed by atoms with Gasteiger partial charge in [0.1, 0.15) is 11.8 Å². The SMILES string of the molecule is C#C[C@@]1(OCP(=O)(O)O)C=C[C@H](n2cnc3c(N)ncnc32)O1. The molecule has 0 saturated heterocycles. The van der Waals surface area contributed by atoms with Crippen molar-refractivity contribution >= 4 is 24.6 Å². The Bertz CT molecular complexity index is 868. The highest BCUT2D eigenvalue weighted by Crippen LogP contribution is 2.39. The fourth-order valence-corrected chi connectivity index (χ4v) is 2.42. The van der Waals surface area contributed by atoms with Crippen LogP contribution in [-0.4, -0.2) is 41.4 Å². The summed E-state index contributed by atoms with van der Waals surface area (Å²) in [7, 11) is -4.39. The summed E-state index contributed by atoms with van der Waals surface area (Å²) in [6, 6.07) is 0. The van der Waals surface area contributed by atoms with E-state index in [1.54, 1.807) is 10.6 Å². The van der Waals surface area contributed by atoms with E-state index in [9.17, 15) is 4.57 Å². The lowest BCUT2D eigenvalue weighted by Crippen LogP contribution is -2.31. The lowest BCUT2D eigenvalue weighted by atomic mass is 10.3. The second-order valence-corrected chi connectivity index (χ2v) is 6.29. The molecular formula is C12H12N5O5P. The zero-order valence-corrected chi connectivity index (χ0v) is 12.5. The van der Waals surface area contributed by atoms with Crippen molar-refractivity contribution in [3.8, 4) is 12.3 Å². The summed E-state index contributed by atoms with van der Waals surface area (Å²) in [6.45, 7) is 0. The number of nitrogens with two attached hydrogens (primary N) is 1. The molecule has 11 heteroatoms. The molecule has 0 saturated carbocycles. The van der Waals surface area contributed by atoms with Crippen LogP contribution in [-0.2, 0) is 14.0 Å². The van der Waals surface area contributed by atoms with Gasteiger partial charge in [-0.2, -0.15) is 0 Å². The first-order valence-corrected chi connectivity index (χ1v) is 8.10. The zero-order valence-electron chi connectivity index (χ0n) is 11.6. The molecule has 2 aromatic rings. The van der Waals surface area contributed by atoms with E-state index in [4.69, 9.17) is 31.4 Å². The fraction of sp³-hybridized carbons (Fsp3) is 0.250. The third-order valence-electron chi connectivity index (χ3n) is 3.09. The van der Waals surface area contributed by atoms with Crippen molar-refractivity contribution in [1.29, 1.82) is 0 Å². The fourth-order valence-electron chi connectivity index (χ4n) is 2.06. The highest BCUT2D eigenvalue weighted by molar-refractivity contribution is 7.51. The van der Waals surface area contributed by atoms with Crippen molar-refractivity contribution in [2.45, 2.75) is 12.0 Å². The molecule has 120 valence electrons. The number of anilines is 1. The lowest BCUT2D eigenvalue weighted by Gasteiger charge is -2.24. The van der Waals surface area contributed by atoms with Gasteiger partial charge < -0.3 is 25.0 Å². The van der Waals surface area contributed by atoms with E-state index in [1.165, 1.54) is 18.7 Å². The summed E-state index contributed by atoms with van der Waals surface area (Å²) < 4.78 is 23.2. The van der Waals surface area contributed by atoms with Gasteiger partial charge in [0.25, 0.3) is 5.79 Å². The summed E-state index contributed by atoms with van der Waals surface area (Å²) in [5.74, 6) is 0.775. The normalized spacial score (nSPS) is 24.1. The number of ether oxygens (including phenoxy) is 2. The van der Waals surface area contributed by atoms with Gasteiger partial charge >= 0.3 is 7.60 Å². The molecule has 10 nitrogen and oxygen atoms in total. The predicted octanol–water partition coefficient (Wildman–Crippen LogP) is -0.0252. The smallest absolute Gasteiger partial charge is 0.351 e. The minimum atomic E-state index is -4.39. The molecule has 0 spiro atoms. The molecule has 1 aliphatic heterocycles. The maximum Gasteiger partial charge on any atom is 0.351 e. The number of hydrogen-bond acceptors (Lipinski definition) is 7. The summed E-state index contributed by atoms with van der Waals surface area (Å²) in [5.41, 5.74) is 6.54. The van der Waals surface area contributed by atoms with Gasteiger partial charge in [-0.1, -0.05) is 0 Å². The van der Waals surface area contributed by atoms with Crippen LogP contribution in [0.15, 0.2) is 24.8 Å². The van der Waals surface area contributed by atoms with Gasteiger partial charge in [-0.05, 0) is 18.1 Å². The maximum atomic E-state index is 10.9. The Morgan fingerprint density at radius 1 is 1.52 bits per heavy atom. The molecule has 0 bridgehead atoms. The van der Waals surface area contributed by atoms with Gasteiger partial charge in [0.15, 0.2) is 24.0 Å². The minimum Gasteiger partial charge on any atom is -0.382 e. The van der Waals surface area contributed by atoms with Gasteiger partial charge in [-0.25, -0.2) is 15.0 Å². The maximum absolute atomic E-state index is 10.9. The van der Waals surface area contributed by atoms with Crippen LogP contribution in [0.5, 0.6) is 0 Å². The van der Waals surface area contributed by atoms with Gasteiger partial charge in [0, 0.05) is 0 Å². The van der Waals surface area contributed by atoms with Crippen molar-refractivity contribution in [3.63, 3.8) is 0 Å². The third-order valence-corrected chi connectivity index (χ3v) is 3.55. The first kappa shape index (κ1) is 15.6. The molecule has 0 unspecified atom stereocenters. The number of hydrogen-bond donors (Lipinski definition) is 3. The predicted molar refractivity (Wildman–Crippen MR) is 78.6 cm³/mol. The summed E-state index contributed by atoms with van der Waals surface area (Å²) >= 11 is 0. The van der Waals surface area contributed by atoms with Gasteiger partial charge in [-0.15, -0.1) is 6.42 Å². The Hall–Kier alpha value is -2.28. The first-order valence-electron chi connectivity index (χ1n) is 6.30. The molecule has 0 aromatic carbocycles. The second-order valence-electron chi connectivity index (χ2n) is 4.70. The van der Waals surface area contributed by atoms with Crippen LogP contribution in [0.3, 0.4) is 0 Å². The molecule has 3 heterocycles. The van der Waals surface area contributed by atoms with E-state index in [-0.39, 0.29) is 5.82 Å². The number of imidazole rings is 1. The Balaban J connectivity index is 1.87. The Morgan fingerprint density at radius 3 is 3.00 bits per heavy atom. The number of fused-ring (bicyclic) bond motifs is 1.